The monoisotopic (exact) mass is 514 g/mol. The number of rotatable bonds is 9. The number of aromatic nitrogens is 2. The first-order valence-electron chi connectivity index (χ1n) is 12.8. The molecule has 2 heterocycles. The molecule has 1 fully saturated rings. The fourth-order valence-electron chi connectivity index (χ4n) is 5.08. The number of likely N-dealkylation sites (tertiary alicyclic amines) is 1. The molecule has 0 aliphatic carbocycles. The van der Waals surface area contributed by atoms with Crippen LogP contribution in [0.5, 0.6) is 0 Å². The van der Waals surface area contributed by atoms with E-state index < -0.39 is 0 Å². The highest BCUT2D eigenvalue weighted by Crippen LogP contribution is 2.21. The summed E-state index contributed by atoms with van der Waals surface area (Å²) in [6.45, 7) is 2.65. The van der Waals surface area contributed by atoms with Gasteiger partial charge in [-0.1, -0.05) is 72.3 Å². The average Bonchev–Trinajstić information content (AvgIpc) is 3.37. The Bertz CT molecular complexity index is 1420. The number of nitrogens with one attached hydrogen (secondary N) is 1. The van der Waals surface area contributed by atoms with Crippen LogP contribution in [0.4, 0.5) is 0 Å². The normalized spacial score (nSPS) is 15.8. The van der Waals surface area contributed by atoms with E-state index in [2.05, 4.69) is 10.2 Å². The van der Waals surface area contributed by atoms with Crippen molar-refractivity contribution < 1.29 is 4.79 Å². The number of benzene rings is 3. The van der Waals surface area contributed by atoms with Crippen LogP contribution in [0.25, 0.3) is 10.8 Å². The van der Waals surface area contributed by atoms with Crippen LogP contribution in [0.1, 0.15) is 36.1 Å². The molecule has 6 nitrogen and oxygen atoms in total. The fraction of sp³-hybridized carbons (Fsp3) is 0.300. The molecule has 0 spiro atoms. The van der Waals surface area contributed by atoms with Crippen LogP contribution < -0.4 is 10.9 Å². The molecule has 1 atom stereocenters. The summed E-state index contributed by atoms with van der Waals surface area (Å²) in [5, 5.41) is 10.1. The first kappa shape index (κ1) is 25.2. The molecule has 1 N–H and O–H groups in total. The Morgan fingerprint density at radius 2 is 1.68 bits per heavy atom. The molecular weight excluding hydrogens is 484 g/mol. The van der Waals surface area contributed by atoms with Crippen molar-refractivity contribution in [2.75, 3.05) is 13.1 Å². The predicted octanol–water partition coefficient (Wildman–Crippen LogP) is 4.81. The predicted molar refractivity (Wildman–Crippen MR) is 148 cm³/mol. The maximum absolute atomic E-state index is 13.4. The van der Waals surface area contributed by atoms with E-state index in [0.717, 1.165) is 41.6 Å². The first-order valence-corrected chi connectivity index (χ1v) is 13.2. The van der Waals surface area contributed by atoms with Gasteiger partial charge < -0.3 is 5.32 Å². The zero-order chi connectivity index (χ0) is 25.6. The smallest absolute Gasteiger partial charge is 0.274 e. The second kappa shape index (κ2) is 11.7. The van der Waals surface area contributed by atoms with Crippen LogP contribution in [0, 0.1) is 0 Å². The zero-order valence-corrected chi connectivity index (χ0v) is 21.5. The van der Waals surface area contributed by atoms with Crippen molar-refractivity contribution in [1.29, 1.82) is 0 Å². The highest BCUT2D eigenvalue weighted by Gasteiger charge is 2.26. The van der Waals surface area contributed by atoms with Crippen LogP contribution in [0.2, 0.25) is 5.02 Å². The summed E-state index contributed by atoms with van der Waals surface area (Å²) in [7, 11) is 0. The molecule has 0 saturated carbocycles. The van der Waals surface area contributed by atoms with Crippen molar-refractivity contribution in [2.45, 2.75) is 44.8 Å². The molecule has 1 saturated heterocycles. The second-order valence-electron chi connectivity index (χ2n) is 9.63. The van der Waals surface area contributed by atoms with E-state index in [1.807, 2.05) is 78.9 Å². The van der Waals surface area contributed by atoms with E-state index in [1.165, 1.54) is 0 Å². The van der Waals surface area contributed by atoms with Crippen LogP contribution in [-0.4, -0.2) is 39.7 Å². The minimum Gasteiger partial charge on any atom is -0.352 e. The van der Waals surface area contributed by atoms with Crippen LogP contribution in [0.3, 0.4) is 0 Å². The summed E-state index contributed by atoms with van der Waals surface area (Å²) in [4.78, 5) is 28.1. The number of nitrogens with zero attached hydrogens (tertiary/aromatic N) is 3. The Balaban J connectivity index is 1.28. The molecule has 7 heteroatoms. The molecule has 190 valence electrons. The maximum Gasteiger partial charge on any atom is 0.274 e. The molecule has 1 aliphatic heterocycles. The summed E-state index contributed by atoms with van der Waals surface area (Å²) in [5.74, 6) is 0.0424. The molecule has 1 aromatic heterocycles. The lowest BCUT2D eigenvalue weighted by Crippen LogP contribution is -2.39. The standard InChI is InChI=1S/C30H31ClN4O2/c31-24-14-12-22(13-15-24)19-28-26-10-4-5-11-27(26)30(37)35(33-28)21-25-9-6-17-34(25)18-16-29(36)32-20-23-7-2-1-3-8-23/h1-5,7-8,10-15,25H,6,9,16-21H2,(H,32,36). The average molecular weight is 515 g/mol. The topological polar surface area (TPSA) is 67.2 Å². The number of hydrogen-bond acceptors (Lipinski definition) is 4. The van der Waals surface area contributed by atoms with Crippen LogP contribution in [-0.2, 0) is 24.3 Å². The van der Waals surface area contributed by atoms with Crippen molar-refractivity contribution >= 4 is 28.3 Å². The van der Waals surface area contributed by atoms with Gasteiger partial charge in [0, 0.05) is 42.4 Å². The first-order chi connectivity index (χ1) is 18.1. The molecule has 37 heavy (non-hydrogen) atoms. The number of halogens is 1. The SMILES string of the molecule is O=C(CCN1CCCC1Cn1nc(Cc2ccc(Cl)cc2)c2ccccc2c1=O)NCc1ccccc1. The third-order valence-corrected chi connectivity index (χ3v) is 7.32. The molecule has 0 radical (unpaired) electrons. The van der Waals surface area contributed by atoms with Gasteiger partial charge in [0.2, 0.25) is 5.91 Å². The Morgan fingerprint density at radius 3 is 2.46 bits per heavy atom. The van der Waals surface area contributed by atoms with Crippen molar-refractivity contribution in [2.24, 2.45) is 0 Å². The third kappa shape index (κ3) is 6.27. The van der Waals surface area contributed by atoms with Gasteiger partial charge in [-0.25, -0.2) is 4.68 Å². The number of carbonyl (C=O) groups excluding carboxylic acids is 1. The zero-order valence-electron chi connectivity index (χ0n) is 20.8. The minimum atomic E-state index is -0.0667. The molecule has 1 aliphatic rings. The van der Waals surface area contributed by atoms with E-state index >= 15 is 0 Å². The molecule has 0 bridgehead atoms. The van der Waals surface area contributed by atoms with Crippen molar-refractivity contribution in [3.63, 3.8) is 0 Å². The summed E-state index contributed by atoms with van der Waals surface area (Å²) < 4.78 is 1.63. The van der Waals surface area contributed by atoms with Gasteiger partial charge in [0.15, 0.2) is 0 Å². The summed E-state index contributed by atoms with van der Waals surface area (Å²) >= 11 is 6.06. The van der Waals surface area contributed by atoms with Crippen LogP contribution >= 0.6 is 11.6 Å². The lowest BCUT2D eigenvalue weighted by molar-refractivity contribution is -0.121. The van der Waals surface area contributed by atoms with Gasteiger partial charge in [0.25, 0.3) is 5.56 Å². The Hall–Kier alpha value is -3.48. The number of carbonyl (C=O) groups is 1. The van der Waals surface area contributed by atoms with Gasteiger partial charge >= 0.3 is 0 Å². The van der Waals surface area contributed by atoms with E-state index in [4.69, 9.17) is 16.7 Å². The fourth-order valence-corrected chi connectivity index (χ4v) is 5.21. The number of amides is 1. The Labute approximate surface area is 221 Å². The summed E-state index contributed by atoms with van der Waals surface area (Å²) in [6, 6.07) is 25.5. The maximum atomic E-state index is 13.4. The van der Waals surface area contributed by atoms with Gasteiger partial charge in [-0.2, -0.15) is 5.10 Å². The summed E-state index contributed by atoms with van der Waals surface area (Å²) in [5.41, 5.74) is 2.99. The van der Waals surface area contributed by atoms with Gasteiger partial charge in [-0.3, -0.25) is 14.5 Å². The second-order valence-corrected chi connectivity index (χ2v) is 10.1. The van der Waals surface area contributed by atoms with E-state index in [9.17, 15) is 9.59 Å². The minimum absolute atomic E-state index is 0.0424. The molecule has 1 unspecified atom stereocenters. The number of hydrogen-bond donors (Lipinski definition) is 1. The Kier molecular flexibility index (Phi) is 7.97. The molecule has 4 aromatic rings. The van der Waals surface area contributed by atoms with Gasteiger partial charge in [-0.15, -0.1) is 0 Å². The number of fused-ring (bicyclic) bond motifs is 1. The molecule has 5 rings (SSSR count). The highest BCUT2D eigenvalue weighted by atomic mass is 35.5. The molecular formula is C30H31ClN4O2. The van der Waals surface area contributed by atoms with Crippen molar-refractivity contribution in [1.82, 2.24) is 20.0 Å². The van der Waals surface area contributed by atoms with Crippen LogP contribution in [0.15, 0.2) is 83.7 Å². The van der Waals surface area contributed by atoms with E-state index in [1.54, 1.807) is 4.68 Å². The van der Waals surface area contributed by atoms with Crippen molar-refractivity contribution in [3.05, 3.63) is 111 Å². The highest BCUT2D eigenvalue weighted by molar-refractivity contribution is 6.30. The van der Waals surface area contributed by atoms with Gasteiger partial charge in [-0.05, 0) is 48.7 Å². The third-order valence-electron chi connectivity index (χ3n) is 7.07. The summed E-state index contributed by atoms with van der Waals surface area (Å²) in [6.07, 6.45) is 3.09. The van der Waals surface area contributed by atoms with E-state index in [-0.39, 0.29) is 17.5 Å². The molecule has 3 aromatic carbocycles. The largest absolute Gasteiger partial charge is 0.352 e. The van der Waals surface area contributed by atoms with Crippen molar-refractivity contribution in [3.8, 4) is 0 Å². The lowest BCUT2D eigenvalue weighted by atomic mass is 10.0. The van der Waals surface area contributed by atoms with Gasteiger partial charge in [0.1, 0.15) is 0 Å². The molecule has 1 amide bonds. The van der Waals surface area contributed by atoms with Gasteiger partial charge in [0.05, 0.1) is 17.6 Å². The Morgan fingerprint density at radius 1 is 0.946 bits per heavy atom. The lowest BCUT2D eigenvalue weighted by Gasteiger charge is -2.25. The quantitative estimate of drug-likeness (QED) is 0.348. The van der Waals surface area contributed by atoms with E-state index in [0.29, 0.717) is 42.9 Å².